The van der Waals surface area contributed by atoms with Gasteiger partial charge in [0, 0.05) is 23.4 Å². The van der Waals surface area contributed by atoms with E-state index in [1.807, 2.05) is 62.4 Å². The van der Waals surface area contributed by atoms with Crippen LogP contribution >= 0.6 is 0 Å². The molecule has 148 valence electrons. The lowest BCUT2D eigenvalue weighted by atomic mass is 9.98. The highest BCUT2D eigenvalue weighted by molar-refractivity contribution is 5.99. The van der Waals surface area contributed by atoms with Crippen LogP contribution in [0.15, 0.2) is 48.5 Å². The summed E-state index contributed by atoms with van der Waals surface area (Å²) in [6, 6.07) is 15.0. The fourth-order valence-electron chi connectivity index (χ4n) is 3.51. The highest BCUT2D eigenvalue weighted by Crippen LogP contribution is 2.41. The van der Waals surface area contributed by atoms with Crippen molar-refractivity contribution in [2.24, 2.45) is 5.92 Å². The van der Waals surface area contributed by atoms with Crippen LogP contribution in [0.3, 0.4) is 0 Å². The minimum atomic E-state index is -1.08. The molecule has 0 bridgehead atoms. The lowest BCUT2D eigenvalue weighted by Gasteiger charge is -2.26. The van der Waals surface area contributed by atoms with Gasteiger partial charge in [-0.3, -0.25) is 9.59 Å². The highest BCUT2D eigenvalue weighted by Gasteiger charge is 2.38. The minimum absolute atomic E-state index is 0.213. The van der Waals surface area contributed by atoms with Crippen molar-refractivity contribution in [2.45, 2.75) is 32.5 Å². The van der Waals surface area contributed by atoms with Crippen molar-refractivity contribution in [3.05, 3.63) is 59.7 Å². The van der Waals surface area contributed by atoms with E-state index in [0.717, 1.165) is 16.8 Å². The van der Waals surface area contributed by atoms with Gasteiger partial charge in [-0.25, -0.2) is 0 Å². The zero-order valence-corrected chi connectivity index (χ0v) is 16.3. The number of hydrogen-bond donors (Lipinski definition) is 1. The number of rotatable bonds is 6. The predicted molar refractivity (Wildman–Crippen MR) is 106 cm³/mol. The number of ether oxygens (including phenoxy) is 2. The molecule has 2 aromatic rings. The summed E-state index contributed by atoms with van der Waals surface area (Å²) < 4.78 is 11.6. The van der Waals surface area contributed by atoms with Gasteiger partial charge in [0.15, 0.2) is 0 Å². The van der Waals surface area contributed by atoms with E-state index in [1.165, 1.54) is 0 Å². The maximum atomic E-state index is 13.2. The van der Waals surface area contributed by atoms with Crippen LogP contribution in [0.4, 0.5) is 5.69 Å². The number of methoxy groups -OCH3 is 1. The Morgan fingerprint density at radius 1 is 1.14 bits per heavy atom. The molecule has 1 heterocycles. The molecule has 0 saturated carbocycles. The quantitative estimate of drug-likeness (QED) is 0.824. The first-order chi connectivity index (χ1) is 13.4. The monoisotopic (exact) mass is 383 g/mol. The standard InChI is InChI=1S/C22H25NO5/c1-14(2)13-23-17-10-6-4-8-15(17)21(16-9-5-7-11-18(16)27-3)28-19(22(23)26)12-20(24)25/h4-11,14,19,21H,12-13H2,1-3H3,(H,24,25)/t19-,21+/m1/s1. The molecule has 0 unspecified atom stereocenters. The lowest BCUT2D eigenvalue weighted by molar-refractivity contribution is -0.147. The molecule has 0 radical (unpaired) electrons. The SMILES string of the molecule is COc1ccccc1[C@H]1O[C@H](CC(=O)O)C(=O)N(CC(C)C)c2ccccc21. The molecular formula is C22H25NO5. The van der Waals surface area contributed by atoms with E-state index < -0.39 is 24.6 Å². The van der Waals surface area contributed by atoms with Crippen molar-refractivity contribution in [3.8, 4) is 5.75 Å². The maximum Gasteiger partial charge on any atom is 0.306 e. The van der Waals surface area contributed by atoms with Gasteiger partial charge in [-0.15, -0.1) is 0 Å². The average molecular weight is 383 g/mol. The topological polar surface area (TPSA) is 76.1 Å². The number of fused-ring (bicyclic) bond motifs is 1. The summed E-state index contributed by atoms with van der Waals surface area (Å²) in [7, 11) is 1.58. The number of carbonyl (C=O) groups is 2. The number of anilines is 1. The van der Waals surface area contributed by atoms with E-state index in [2.05, 4.69) is 0 Å². The Hall–Kier alpha value is -2.86. The predicted octanol–water partition coefficient (Wildman–Crippen LogP) is 3.65. The normalized spacial score (nSPS) is 19.3. The summed E-state index contributed by atoms with van der Waals surface area (Å²) in [6.45, 7) is 4.52. The van der Waals surface area contributed by atoms with Gasteiger partial charge in [0.2, 0.25) is 0 Å². The van der Waals surface area contributed by atoms with Gasteiger partial charge >= 0.3 is 5.97 Å². The number of hydrogen-bond acceptors (Lipinski definition) is 4. The molecule has 1 aliphatic rings. The second-order valence-corrected chi connectivity index (χ2v) is 7.25. The molecule has 2 atom stereocenters. The van der Waals surface area contributed by atoms with E-state index in [9.17, 15) is 14.7 Å². The number of carboxylic acids is 1. The Kier molecular flexibility index (Phi) is 5.99. The van der Waals surface area contributed by atoms with Crippen LogP contribution in [0.25, 0.3) is 0 Å². The van der Waals surface area contributed by atoms with Gasteiger partial charge < -0.3 is 19.5 Å². The van der Waals surface area contributed by atoms with Crippen LogP contribution in [-0.4, -0.2) is 36.7 Å². The summed E-state index contributed by atoms with van der Waals surface area (Å²) in [4.78, 5) is 26.3. The Balaban J connectivity index is 2.17. The molecule has 0 spiro atoms. The Morgan fingerprint density at radius 2 is 1.79 bits per heavy atom. The van der Waals surface area contributed by atoms with E-state index >= 15 is 0 Å². The molecule has 2 aromatic carbocycles. The van der Waals surface area contributed by atoms with Crippen LogP contribution in [-0.2, 0) is 14.3 Å². The molecule has 0 aromatic heterocycles. The van der Waals surface area contributed by atoms with Gasteiger partial charge in [-0.05, 0) is 18.1 Å². The molecule has 28 heavy (non-hydrogen) atoms. The van der Waals surface area contributed by atoms with Crippen LogP contribution in [0.2, 0.25) is 0 Å². The van der Waals surface area contributed by atoms with E-state index in [1.54, 1.807) is 12.0 Å². The van der Waals surface area contributed by atoms with E-state index in [4.69, 9.17) is 9.47 Å². The molecule has 0 saturated heterocycles. The van der Waals surface area contributed by atoms with Crippen molar-refractivity contribution in [2.75, 3.05) is 18.6 Å². The van der Waals surface area contributed by atoms with E-state index in [0.29, 0.717) is 12.3 Å². The van der Waals surface area contributed by atoms with Crippen molar-refractivity contribution in [3.63, 3.8) is 0 Å². The number of benzene rings is 2. The lowest BCUT2D eigenvalue weighted by Crippen LogP contribution is -2.42. The second-order valence-electron chi connectivity index (χ2n) is 7.25. The number of carboxylic acid groups (broad SMARTS) is 1. The third-order valence-corrected chi connectivity index (χ3v) is 4.68. The molecule has 1 aliphatic heterocycles. The summed E-state index contributed by atoms with van der Waals surface area (Å²) >= 11 is 0. The maximum absolute atomic E-state index is 13.2. The third-order valence-electron chi connectivity index (χ3n) is 4.68. The molecule has 6 heteroatoms. The number of carbonyl (C=O) groups excluding carboxylic acids is 1. The molecule has 1 amide bonds. The first-order valence-electron chi connectivity index (χ1n) is 9.32. The van der Waals surface area contributed by atoms with Crippen LogP contribution < -0.4 is 9.64 Å². The zero-order chi connectivity index (χ0) is 20.3. The zero-order valence-electron chi connectivity index (χ0n) is 16.3. The first-order valence-corrected chi connectivity index (χ1v) is 9.32. The van der Waals surface area contributed by atoms with Gasteiger partial charge in [-0.2, -0.15) is 0 Å². The van der Waals surface area contributed by atoms with Crippen molar-refractivity contribution < 1.29 is 24.2 Å². The minimum Gasteiger partial charge on any atom is -0.496 e. The van der Waals surface area contributed by atoms with Crippen LogP contribution in [0, 0.1) is 5.92 Å². The fraction of sp³-hybridized carbons (Fsp3) is 0.364. The van der Waals surface area contributed by atoms with Gasteiger partial charge in [0.1, 0.15) is 18.0 Å². The summed E-state index contributed by atoms with van der Waals surface area (Å²) in [5.74, 6) is -0.569. The highest BCUT2D eigenvalue weighted by atomic mass is 16.5. The summed E-state index contributed by atoms with van der Waals surface area (Å²) in [5, 5.41) is 9.34. The smallest absolute Gasteiger partial charge is 0.306 e. The van der Waals surface area contributed by atoms with E-state index in [-0.39, 0.29) is 11.8 Å². The summed E-state index contributed by atoms with van der Waals surface area (Å²) in [6.07, 6.45) is -2.09. The number of nitrogens with zero attached hydrogens (tertiary/aromatic N) is 1. The third kappa shape index (κ3) is 4.02. The van der Waals surface area contributed by atoms with Crippen LogP contribution in [0.1, 0.15) is 37.5 Å². The molecule has 6 nitrogen and oxygen atoms in total. The van der Waals surface area contributed by atoms with Crippen molar-refractivity contribution in [1.29, 1.82) is 0 Å². The number of aliphatic carboxylic acids is 1. The largest absolute Gasteiger partial charge is 0.496 e. The summed E-state index contributed by atoms with van der Waals surface area (Å²) in [5.41, 5.74) is 2.31. The number of para-hydroxylation sites is 2. The Morgan fingerprint density at radius 3 is 2.43 bits per heavy atom. The fourth-order valence-corrected chi connectivity index (χ4v) is 3.51. The Labute approximate surface area is 164 Å². The number of amides is 1. The van der Waals surface area contributed by atoms with Crippen LogP contribution in [0.5, 0.6) is 5.75 Å². The Bertz CT molecular complexity index is 864. The van der Waals surface area contributed by atoms with Gasteiger partial charge in [0.25, 0.3) is 5.91 Å². The molecular weight excluding hydrogens is 358 g/mol. The van der Waals surface area contributed by atoms with Crippen molar-refractivity contribution >= 4 is 17.6 Å². The molecule has 0 fully saturated rings. The molecule has 0 aliphatic carbocycles. The second kappa shape index (κ2) is 8.44. The van der Waals surface area contributed by atoms with Gasteiger partial charge in [-0.1, -0.05) is 50.2 Å². The van der Waals surface area contributed by atoms with Crippen molar-refractivity contribution in [1.82, 2.24) is 0 Å². The van der Waals surface area contributed by atoms with Gasteiger partial charge in [0.05, 0.1) is 13.5 Å². The molecule has 3 rings (SSSR count). The molecule has 1 N–H and O–H groups in total. The average Bonchev–Trinajstić information content (AvgIpc) is 2.78. The first kappa shape index (κ1) is 19.9.